The molecule has 0 aliphatic heterocycles. The predicted molar refractivity (Wildman–Crippen MR) is 58.0 cm³/mol. The number of carbonyl (C=O) groups is 1. The van der Waals surface area contributed by atoms with Crippen molar-refractivity contribution in [2.75, 3.05) is 7.11 Å². The normalized spacial score (nSPS) is 15.1. The van der Waals surface area contributed by atoms with Crippen molar-refractivity contribution in [1.82, 2.24) is 0 Å². The molecule has 0 heterocycles. The van der Waals surface area contributed by atoms with Gasteiger partial charge < -0.3 is 4.74 Å². The van der Waals surface area contributed by atoms with Crippen LogP contribution in [0.3, 0.4) is 0 Å². The van der Waals surface area contributed by atoms with Crippen LogP contribution in [0, 0.1) is 0 Å². The Morgan fingerprint density at radius 1 is 1.36 bits per heavy atom. The summed E-state index contributed by atoms with van der Waals surface area (Å²) in [7, 11) is 1.61. The number of ether oxygens (including phenoxy) is 1. The van der Waals surface area contributed by atoms with Crippen LogP contribution in [0.4, 0.5) is 0 Å². The van der Waals surface area contributed by atoms with Crippen LogP contribution in [0.25, 0.3) is 0 Å². The minimum absolute atomic E-state index is 0.228. The van der Waals surface area contributed by atoms with E-state index in [9.17, 15) is 4.79 Å². The largest absolute Gasteiger partial charge is 0.497 e. The number of Topliss-reactive ketones (excluding diaryl/α,β-unsaturated/α-hetero) is 1. The van der Waals surface area contributed by atoms with E-state index in [0.717, 1.165) is 34.2 Å². The van der Waals surface area contributed by atoms with Crippen molar-refractivity contribution in [2.45, 2.75) is 19.3 Å². The highest BCUT2D eigenvalue weighted by Gasteiger charge is 2.20. The molecule has 1 aromatic rings. The minimum atomic E-state index is 0.228. The molecule has 0 spiro atoms. The first kappa shape index (κ1) is 9.71. The molecule has 2 nitrogen and oxygen atoms in total. The van der Waals surface area contributed by atoms with E-state index in [4.69, 9.17) is 4.74 Å². The lowest BCUT2D eigenvalue weighted by Gasteiger charge is -2.17. The van der Waals surface area contributed by atoms with Gasteiger partial charge in [-0.1, -0.05) is 15.9 Å². The van der Waals surface area contributed by atoms with Crippen molar-refractivity contribution in [2.24, 2.45) is 0 Å². The van der Waals surface area contributed by atoms with Crippen molar-refractivity contribution in [3.8, 4) is 5.75 Å². The van der Waals surface area contributed by atoms with Gasteiger partial charge in [0, 0.05) is 16.5 Å². The summed E-state index contributed by atoms with van der Waals surface area (Å²) in [6.07, 6.45) is 2.59. The molecule has 2 rings (SSSR count). The van der Waals surface area contributed by atoms with E-state index in [1.807, 2.05) is 12.1 Å². The van der Waals surface area contributed by atoms with E-state index >= 15 is 0 Å². The molecule has 0 N–H and O–H groups in total. The molecule has 0 atom stereocenters. The number of benzene rings is 1. The zero-order valence-electron chi connectivity index (χ0n) is 7.97. The maximum absolute atomic E-state index is 11.6. The van der Waals surface area contributed by atoms with Gasteiger partial charge in [-0.3, -0.25) is 4.79 Å². The second-order valence-corrected chi connectivity index (χ2v) is 4.27. The van der Waals surface area contributed by atoms with E-state index in [1.165, 1.54) is 0 Å². The van der Waals surface area contributed by atoms with Crippen molar-refractivity contribution in [3.05, 3.63) is 27.7 Å². The first-order valence-electron chi connectivity index (χ1n) is 4.62. The van der Waals surface area contributed by atoms with Crippen LogP contribution in [0.15, 0.2) is 16.6 Å². The molecule has 0 bridgehead atoms. The van der Waals surface area contributed by atoms with E-state index in [0.29, 0.717) is 6.42 Å². The highest BCUT2D eigenvalue weighted by Crippen LogP contribution is 2.32. The lowest BCUT2D eigenvalue weighted by atomic mass is 9.90. The molecule has 14 heavy (non-hydrogen) atoms. The average molecular weight is 255 g/mol. The Hall–Kier alpha value is -0.830. The second kappa shape index (κ2) is 3.73. The number of rotatable bonds is 1. The van der Waals surface area contributed by atoms with Gasteiger partial charge in [0.15, 0.2) is 5.78 Å². The molecule has 0 aromatic heterocycles. The SMILES string of the molecule is COc1cc(Br)c2c(c1)C(=O)CCC2. The topological polar surface area (TPSA) is 26.3 Å². The molecule has 0 saturated carbocycles. The summed E-state index contributed by atoms with van der Waals surface area (Å²) in [5.41, 5.74) is 1.95. The summed E-state index contributed by atoms with van der Waals surface area (Å²) in [5.74, 6) is 0.969. The molecular weight excluding hydrogens is 244 g/mol. The Labute approximate surface area is 91.4 Å². The van der Waals surface area contributed by atoms with Crippen LogP contribution in [0.1, 0.15) is 28.8 Å². The van der Waals surface area contributed by atoms with E-state index in [-0.39, 0.29) is 5.78 Å². The van der Waals surface area contributed by atoms with Crippen LogP contribution in [0.5, 0.6) is 5.75 Å². The third kappa shape index (κ3) is 1.57. The van der Waals surface area contributed by atoms with Crippen molar-refractivity contribution >= 4 is 21.7 Å². The van der Waals surface area contributed by atoms with E-state index in [2.05, 4.69) is 15.9 Å². The molecule has 1 aliphatic rings. The molecule has 74 valence electrons. The maximum atomic E-state index is 11.6. The Kier molecular flexibility index (Phi) is 2.59. The third-order valence-corrected chi connectivity index (χ3v) is 3.24. The fourth-order valence-electron chi connectivity index (χ4n) is 1.79. The average Bonchev–Trinajstić information content (AvgIpc) is 2.19. The smallest absolute Gasteiger partial charge is 0.163 e. The quantitative estimate of drug-likeness (QED) is 0.771. The van der Waals surface area contributed by atoms with Gasteiger partial charge >= 0.3 is 0 Å². The van der Waals surface area contributed by atoms with Crippen LogP contribution in [-0.2, 0) is 6.42 Å². The number of carbonyl (C=O) groups excluding carboxylic acids is 1. The van der Waals surface area contributed by atoms with E-state index in [1.54, 1.807) is 7.11 Å². The first-order chi connectivity index (χ1) is 6.72. The molecule has 0 unspecified atom stereocenters. The van der Waals surface area contributed by atoms with Crippen molar-refractivity contribution in [1.29, 1.82) is 0 Å². The number of hydrogen-bond donors (Lipinski definition) is 0. The Morgan fingerprint density at radius 3 is 2.86 bits per heavy atom. The Bertz CT molecular complexity index is 385. The molecular formula is C11H11BrO2. The van der Waals surface area contributed by atoms with Crippen LogP contribution >= 0.6 is 15.9 Å². The molecule has 0 amide bonds. The second-order valence-electron chi connectivity index (χ2n) is 3.41. The highest BCUT2D eigenvalue weighted by atomic mass is 79.9. The molecule has 3 heteroatoms. The number of methoxy groups -OCH3 is 1. The lowest BCUT2D eigenvalue weighted by molar-refractivity contribution is 0.0972. The number of ketones is 1. The van der Waals surface area contributed by atoms with Crippen molar-refractivity contribution < 1.29 is 9.53 Å². The summed E-state index contributed by atoms with van der Waals surface area (Å²) < 4.78 is 6.11. The number of fused-ring (bicyclic) bond motifs is 1. The molecule has 0 radical (unpaired) electrons. The zero-order valence-corrected chi connectivity index (χ0v) is 9.56. The van der Waals surface area contributed by atoms with Crippen LogP contribution in [-0.4, -0.2) is 12.9 Å². The number of hydrogen-bond acceptors (Lipinski definition) is 2. The summed E-state index contributed by atoms with van der Waals surface area (Å²) in [4.78, 5) is 11.6. The van der Waals surface area contributed by atoms with E-state index < -0.39 is 0 Å². The van der Waals surface area contributed by atoms with Crippen LogP contribution < -0.4 is 4.74 Å². The van der Waals surface area contributed by atoms with Gasteiger partial charge in [0.1, 0.15) is 5.75 Å². The fraction of sp³-hybridized carbons (Fsp3) is 0.364. The number of halogens is 1. The molecule has 1 aliphatic carbocycles. The van der Waals surface area contributed by atoms with Gasteiger partial charge in [-0.25, -0.2) is 0 Å². The molecule has 1 aromatic carbocycles. The monoisotopic (exact) mass is 254 g/mol. The third-order valence-electron chi connectivity index (χ3n) is 2.54. The van der Waals surface area contributed by atoms with Gasteiger partial charge in [0.25, 0.3) is 0 Å². The Morgan fingerprint density at radius 2 is 2.14 bits per heavy atom. The summed E-state index contributed by atoms with van der Waals surface area (Å²) in [6.45, 7) is 0. The zero-order chi connectivity index (χ0) is 10.1. The summed E-state index contributed by atoms with van der Waals surface area (Å²) in [6, 6.07) is 3.75. The fourth-order valence-corrected chi connectivity index (χ4v) is 2.43. The summed E-state index contributed by atoms with van der Waals surface area (Å²) in [5, 5.41) is 0. The lowest BCUT2D eigenvalue weighted by Crippen LogP contribution is -2.11. The van der Waals surface area contributed by atoms with Gasteiger partial charge in [-0.15, -0.1) is 0 Å². The van der Waals surface area contributed by atoms with Gasteiger partial charge in [0.2, 0.25) is 0 Å². The van der Waals surface area contributed by atoms with Gasteiger partial charge in [0.05, 0.1) is 7.11 Å². The first-order valence-corrected chi connectivity index (χ1v) is 5.41. The highest BCUT2D eigenvalue weighted by molar-refractivity contribution is 9.10. The molecule has 0 fully saturated rings. The predicted octanol–water partition coefficient (Wildman–Crippen LogP) is 2.98. The summed E-state index contributed by atoms with van der Waals surface area (Å²) >= 11 is 3.47. The van der Waals surface area contributed by atoms with Crippen molar-refractivity contribution in [3.63, 3.8) is 0 Å². The Balaban J connectivity index is 2.57. The minimum Gasteiger partial charge on any atom is -0.497 e. The maximum Gasteiger partial charge on any atom is 0.163 e. The van der Waals surface area contributed by atoms with Gasteiger partial charge in [-0.2, -0.15) is 0 Å². The standard InChI is InChI=1S/C11H11BrO2/c1-14-7-5-9-8(10(12)6-7)3-2-4-11(9)13/h5-6H,2-4H2,1H3. The van der Waals surface area contributed by atoms with Crippen LogP contribution in [0.2, 0.25) is 0 Å². The van der Waals surface area contributed by atoms with Gasteiger partial charge in [-0.05, 0) is 30.5 Å². The molecule has 0 saturated heterocycles.